The predicted octanol–water partition coefficient (Wildman–Crippen LogP) is 3.27. The number of rotatable bonds is 48. The number of carbonyl (C=O) groups excluding carboxylic acids is 9. The van der Waals surface area contributed by atoms with Crippen LogP contribution in [0.1, 0.15) is 155 Å². The van der Waals surface area contributed by atoms with E-state index in [9.17, 15) is 24.0 Å². The second-order valence-electron chi connectivity index (χ2n) is 26.6. The van der Waals surface area contributed by atoms with E-state index >= 15 is 19.2 Å². The van der Waals surface area contributed by atoms with Crippen molar-refractivity contribution in [2.45, 2.75) is 138 Å². The Morgan fingerprint density at radius 3 is 0.900 bits per heavy atom. The van der Waals surface area contributed by atoms with E-state index in [1.54, 1.807) is 32.9 Å². The van der Waals surface area contributed by atoms with E-state index in [1.165, 1.54) is 39.2 Å². The summed E-state index contributed by atoms with van der Waals surface area (Å²) >= 11 is 0. The average Bonchev–Trinajstić information content (AvgIpc) is 0.843. The van der Waals surface area contributed by atoms with E-state index in [1.807, 2.05) is 120 Å². The monoisotopic (exact) mass is 1390 g/mol. The smallest absolute Gasteiger partial charge is 0.243 e. The van der Waals surface area contributed by atoms with Crippen molar-refractivity contribution >= 4 is 71.0 Å². The standard InChI is InChI=1S/C72H117N19O9/c1-52(2)31-40-86(62(93)43-80-34-19-20-35-81-70(74)75)47-68(99)90(56(8)59-27-15-11-16-28-59)50-65(96)85(39-24-22-37-83-72(78)79)46-64(95)88(42-33-54(5)6)49-69(100)91(57(9)60-29-17-12-18-30-60)51-66(97)84(38-23-21-36-82-71(76)77)45-63(94)87(41-32-53(3)4)48-67(98)89(44-61(73)92)55(7)58-25-13-10-14-26-58/h10-18,25-30,52-57,80H,19-24,31-51H2,1-9H3,(H2,73,92)(H4,74,75,81)(H4,76,77,82)(H4,78,79,83)/t55-,56-,57-/m0/s1. The number of hydrogen-bond donors (Lipinski definition) is 8. The minimum atomic E-state index is -0.763. The molecule has 15 N–H and O–H groups in total. The maximum atomic E-state index is 15.4. The van der Waals surface area contributed by atoms with E-state index in [-0.39, 0.29) is 100 Å². The Labute approximate surface area is 592 Å². The largest absolute Gasteiger partial charge is 0.370 e. The lowest BCUT2D eigenvalue weighted by atomic mass is 10.1. The first-order chi connectivity index (χ1) is 47.5. The molecule has 0 aromatic heterocycles. The van der Waals surface area contributed by atoms with Crippen LogP contribution in [0.25, 0.3) is 0 Å². The van der Waals surface area contributed by atoms with Gasteiger partial charge in [0.1, 0.15) is 13.1 Å². The molecule has 0 saturated heterocycles. The highest BCUT2D eigenvalue weighted by Crippen LogP contribution is 2.25. The Morgan fingerprint density at radius 1 is 0.330 bits per heavy atom. The molecule has 28 heteroatoms. The summed E-state index contributed by atoms with van der Waals surface area (Å²) in [6, 6.07) is 25.3. The van der Waals surface area contributed by atoms with E-state index in [2.05, 4.69) is 20.3 Å². The van der Waals surface area contributed by atoms with Crippen LogP contribution in [0.2, 0.25) is 0 Å². The van der Waals surface area contributed by atoms with E-state index in [0.29, 0.717) is 76.4 Å². The number of primary amides is 1. The Balaban J connectivity index is 2.11. The summed E-state index contributed by atoms with van der Waals surface area (Å²) in [7, 11) is 0. The highest BCUT2D eigenvalue weighted by atomic mass is 16.2. The number of amides is 9. The maximum Gasteiger partial charge on any atom is 0.243 e. The van der Waals surface area contributed by atoms with Gasteiger partial charge in [0.25, 0.3) is 0 Å². The van der Waals surface area contributed by atoms with E-state index < -0.39 is 111 Å². The van der Waals surface area contributed by atoms with Crippen molar-refractivity contribution in [1.29, 1.82) is 0 Å². The number of aliphatic imine (C=N–C) groups is 3. The highest BCUT2D eigenvalue weighted by Gasteiger charge is 2.35. The lowest BCUT2D eigenvalue weighted by Crippen LogP contribution is -2.53. The van der Waals surface area contributed by atoms with Crippen molar-refractivity contribution in [2.24, 2.45) is 72.9 Å². The zero-order chi connectivity index (χ0) is 74.3. The second kappa shape index (κ2) is 46.1. The van der Waals surface area contributed by atoms with Gasteiger partial charge in [0, 0.05) is 52.4 Å². The van der Waals surface area contributed by atoms with Gasteiger partial charge in [-0.15, -0.1) is 0 Å². The molecule has 0 saturated carbocycles. The number of carbonyl (C=O) groups is 9. The van der Waals surface area contributed by atoms with Gasteiger partial charge in [0.05, 0.1) is 63.9 Å². The van der Waals surface area contributed by atoms with Gasteiger partial charge in [-0.05, 0) is 120 Å². The SMILES string of the molecule is CC(C)CCN(CC(=O)N(CC(N)=O)[C@@H](C)c1ccccc1)C(=O)CN(CCCCN=C(N)N)C(=O)CN(C(=O)CN(CCC(C)C)C(=O)CN(CCCCN=C(N)N)C(=O)CN(C(=O)CN(CCC(C)C)C(=O)CNCCCCN=C(N)N)[C@@H](C)c1ccccc1)[C@@H](C)c1ccccc1. The molecule has 0 aliphatic carbocycles. The van der Waals surface area contributed by atoms with Gasteiger partial charge in [-0.25, -0.2) is 0 Å². The molecule has 100 heavy (non-hydrogen) atoms. The molecule has 0 heterocycles. The first kappa shape index (κ1) is 84.9. The summed E-state index contributed by atoms with van der Waals surface area (Å²) < 4.78 is 0. The van der Waals surface area contributed by atoms with Crippen LogP contribution in [0.3, 0.4) is 0 Å². The summed E-state index contributed by atoms with van der Waals surface area (Å²) in [5.41, 5.74) is 41.4. The van der Waals surface area contributed by atoms with Gasteiger partial charge in [-0.3, -0.25) is 58.1 Å². The van der Waals surface area contributed by atoms with Crippen LogP contribution >= 0.6 is 0 Å². The molecule has 3 atom stereocenters. The van der Waals surface area contributed by atoms with Crippen molar-refractivity contribution in [3.05, 3.63) is 108 Å². The summed E-state index contributed by atoms with van der Waals surface area (Å²) in [4.78, 5) is 155. The van der Waals surface area contributed by atoms with Crippen LogP contribution in [0.15, 0.2) is 106 Å². The van der Waals surface area contributed by atoms with Crippen molar-refractivity contribution in [3.8, 4) is 0 Å². The van der Waals surface area contributed by atoms with Crippen LogP contribution < -0.4 is 45.5 Å². The third-order valence-electron chi connectivity index (χ3n) is 17.1. The molecule has 0 fully saturated rings. The Bertz CT molecular complexity index is 3090. The zero-order valence-electron chi connectivity index (χ0n) is 60.9. The van der Waals surface area contributed by atoms with Gasteiger partial charge in [0.15, 0.2) is 17.9 Å². The Morgan fingerprint density at radius 2 is 0.600 bits per heavy atom. The summed E-state index contributed by atoms with van der Waals surface area (Å²) in [6.07, 6.45) is 4.46. The quantitative estimate of drug-likeness (QED) is 0.0228. The molecule has 0 spiro atoms. The van der Waals surface area contributed by atoms with Crippen LogP contribution in [-0.4, -0.2) is 228 Å². The molecule has 28 nitrogen and oxygen atoms in total. The van der Waals surface area contributed by atoms with Crippen molar-refractivity contribution in [3.63, 3.8) is 0 Å². The normalized spacial score (nSPS) is 12.0. The fraction of sp³-hybridized carbons (Fsp3) is 0.583. The molecule has 0 aliphatic heterocycles. The van der Waals surface area contributed by atoms with Gasteiger partial charge in [-0.1, -0.05) is 133 Å². The second-order valence-corrected chi connectivity index (χ2v) is 26.6. The number of nitrogens with one attached hydrogen (secondary N) is 1. The lowest BCUT2D eigenvalue weighted by Gasteiger charge is -2.36. The van der Waals surface area contributed by atoms with Crippen molar-refractivity contribution in [2.75, 3.05) is 118 Å². The zero-order valence-corrected chi connectivity index (χ0v) is 60.9. The topological polar surface area (TPSA) is 411 Å². The fourth-order valence-corrected chi connectivity index (χ4v) is 10.8. The molecule has 9 amide bonds. The molecule has 3 rings (SSSR count). The molecule has 0 aliphatic rings. The third kappa shape index (κ3) is 33.0. The lowest BCUT2D eigenvalue weighted by molar-refractivity contribution is -0.150. The predicted molar refractivity (Wildman–Crippen MR) is 393 cm³/mol. The van der Waals surface area contributed by atoms with Gasteiger partial charge >= 0.3 is 0 Å². The molecule has 0 unspecified atom stereocenters. The summed E-state index contributed by atoms with van der Waals surface area (Å²) in [5.74, 6) is -4.83. The number of unbranched alkanes of at least 4 members (excludes halogenated alkanes) is 3. The first-order valence-electron chi connectivity index (χ1n) is 35.1. The number of hydrogen-bond acceptors (Lipinski definition) is 13. The Kier molecular flexibility index (Phi) is 39.1. The third-order valence-corrected chi connectivity index (χ3v) is 17.1. The molecule has 0 bridgehead atoms. The summed E-state index contributed by atoms with van der Waals surface area (Å²) in [6.45, 7) is 15.5. The number of nitrogens with two attached hydrogens (primary N) is 7. The van der Waals surface area contributed by atoms with Gasteiger partial charge in [-0.2, -0.15) is 0 Å². The van der Waals surface area contributed by atoms with Crippen LogP contribution in [0, 0.1) is 17.8 Å². The molecule has 3 aromatic carbocycles. The minimum absolute atomic E-state index is 0.00492. The fourth-order valence-electron chi connectivity index (χ4n) is 10.8. The van der Waals surface area contributed by atoms with E-state index in [0.717, 1.165) is 11.1 Å². The Hall–Kier alpha value is -9.34. The summed E-state index contributed by atoms with van der Waals surface area (Å²) in [5, 5.41) is 3.18. The maximum absolute atomic E-state index is 15.4. The molecular weight excluding hydrogens is 1270 g/mol. The highest BCUT2D eigenvalue weighted by molar-refractivity contribution is 5.94. The first-order valence-corrected chi connectivity index (χ1v) is 35.1. The van der Waals surface area contributed by atoms with Crippen molar-refractivity contribution in [1.82, 2.24) is 44.5 Å². The molecule has 554 valence electrons. The minimum Gasteiger partial charge on any atom is -0.370 e. The van der Waals surface area contributed by atoms with Crippen LogP contribution in [0.4, 0.5) is 0 Å². The number of benzene rings is 3. The average molecular weight is 1390 g/mol. The van der Waals surface area contributed by atoms with Crippen LogP contribution in [0.5, 0.6) is 0 Å². The van der Waals surface area contributed by atoms with E-state index in [4.69, 9.17) is 40.1 Å². The van der Waals surface area contributed by atoms with Gasteiger partial charge < -0.3 is 84.7 Å². The number of nitrogens with zero attached hydrogens (tertiary/aromatic N) is 11. The molecule has 3 aromatic rings. The van der Waals surface area contributed by atoms with Gasteiger partial charge in [0.2, 0.25) is 53.2 Å². The van der Waals surface area contributed by atoms with Crippen molar-refractivity contribution < 1.29 is 43.2 Å². The molecular formula is C72H117N19O9. The number of guanidine groups is 3. The van der Waals surface area contributed by atoms with Crippen LogP contribution in [-0.2, 0) is 43.2 Å². The molecule has 0 radical (unpaired) electrons.